The lowest BCUT2D eigenvalue weighted by atomic mass is 10.2. The maximum absolute atomic E-state index is 12.0. The number of ether oxygens (including phenoxy) is 1. The van der Waals surface area contributed by atoms with Gasteiger partial charge in [-0.3, -0.25) is 4.79 Å². The van der Waals surface area contributed by atoms with Gasteiger partial charge in [0.15, 0.2) is 6.61 Å². The lowest BCUT2D eigenvalue weighted by molar-refractivity contribution is -0.124. The minimum absolute atomic E-state index is 0.148. The van der Waals surface area contributed by atoms with E-state index in [4.69, 9.17) is 4.74 Å². The predicted octanol–water partition coefficient (Wildman–Crippen LogP) is 1.94. The largest absolute Gasteiger partial charge is 0.452 e. The number of rotatable bonds is 6. The summed E-state index contributed by atoms with van der Waals surface area (Å²) in [6.45, 7) is 1.72. The van der Waals surface area contributed by atoms with E-state index in [-0.39, 0.29) is 18.6 Å². The number of aromatic nitrogens is 2. The Morgan fingerprint density at radius 1 is 1.35 bits per heavy atom. The number of amides is 1. The van der Waals surface area contributed by atoms with Gasteiger partial charge in [0.25, 0.3) is 5.91 Å². The van der Waals surface area contributed by atoms with Crippen LogP contribution in [0.15, 0.2) is 42.7 Å². The molecule has 0 unspecified atom stereocenters. The summed E-state index contributed by atoms with van der Waals surface area (Å²) in [7, 11) is 0. The van der Waals surface area contributed by atoms with Gasteiger partial charge in [0.2, 0.25) is 0 Å². The molecule has 0 bridgehead atoms. The zero-order valence-corrected chi connectivity index (χ0v) is 12.9. The van der Waals surface area contributed by atoms with Crippen molar-refractivity contribution in [2.24, 2.45) is 5.92 Å². The van der Waals surface area contributed by atoms with E-state index in [0.717, 1.165) is 18.5 Å². The number of carbonyl (C=O) groups excluding carboxylic acids is 2. The third kappa shape index (κ3) is 3.97. The fourth-order valence-corrected chi connectivity index (χ4v) is 2.40. The van der Waals surface area contributed by atoms with Crippen LogP contribution in [0, 0.1) is 5.92 Å². The highest BCUT2D eigenvalue weighted by atomic mass is 16.5. The number of carbonyl (C=O) groups is 2. The quantitative estimate of drug-likeness (QED) is 0.827. The Kier molecular flexibility index (Phi) is 4.41. The molecule has 6 nitrogen and oxygen atoms in total. The van der Waals surface area contributed by atoms with Gasteiger partial charge in [-0.05, 0) is 56.0 Å². The predicted molar refractivity (Wildman–Crippen MR) is 84.2 cm³/mol. The van der Waals surface area contributed by atoms with E-state index in [1.54, 1.807) is 35.1 Å². The van der Waals surface area contributed by atoms with Gasteiger partial charge in [-0.15, -0.1) is 0 Å². The second kappa shape index (κ2) is 6.64. The Hall–Kier alpha value is -2.63. The van der Waals surface area contributed by atoms with Crippen molar-refractivity contribution in [1.82, 2.24) is 15.1 Å². The Labute approximate surface area is 134 Å². The molecule has 1 aromatic carbocycles. The van der Waals surface area contributed by atoms with Crippen LogP contribution in [0.2, 0.25) is 0 Å². The lowest BCUT2D eigenvalue weighted by Gasteiger charge is -2.12. The maximum atomic E-state index is 12.0. The molecule has 1 atom stereocenters. The summed E-state index contributed by atoms with van der Waals surface area (Å²) >= 11 is 0. The third-order valence-corrected chi connectivity index (χ3v) is 3.92. The van der Waals surface area contributed by atoms with Crippen molar-refractivity contribution >= 4 is 11.9 Å². The molecule has 6 heteroatoms. The first kappa shape index (κ1) is 15.3. The molecule has 1 amide bonds. The normalized spacial score (nSPS) is 15.0. The van der Waals surface area contributed by atoms with Crippen molar-refractivity contribution < 1.29 is 14.3 Å². The molecule has 0 radical (unpaired) electrons. The van der Waals surface area contributed by atoms with E-state index < -0.39 is 5.97 Å². The van der Waals surface area contributed by atoms with Crippen LogP contribution < -0.4 is 5.32 Å². The van der Waals surface area contributed by atoms with Gasteiger partial charge >= 0.3 is 5.97 Å². The van der Waals surface area contributed by atoms with Crippen LogP contribution in [0.4, 0.5) is 0 Å². The Balaban J connectivity index is 1.50. The molecule has 2 aromatic rings. The molecule has 120 valence electrons. The molecular weight excluding hydrogens is 294 g/mol. The molecule has 0 aliphatic heterocycles. The number of benzene rings is 1. The first-order chi connectivity index (χ1) is 11.1. The molecule has 1 saturated carbocycles. The van der Waals surface area contributed by atoms with Crippen LogP contribution in [-0.4, -0.2) is 34.3 Å². The summed E-state index contributed by atoms with van der Waals surface area (Å²) in [5.41, 5.74) is 1.26. The highest BCUT2D eigenvalue weighted by Crippen LogP contribution is 2.32. The number of nitrogens with zero attached hydrogens (tertiary/aromatic N) is 2. The molecule has 1 N–H and O–H groups in total. The summed E-state index contributed by atoms with van der Waals surface area (Å²) in [6.07, 6.45) is 5.82. The molecule has 1 aliphatic carbocycles. The van der Waals surface area contributed by atoms with Crippen LogP contribution in [0.25, 0.3) is 5.69 Å². The van der Waals surface area contributed by atoms with Crippen molar-refractivity contribution in [1.29, 1.82) is 0 Å². The van der Waals surface area contributed by atoms with Crippen LogP contribution in [0.5, 0.6) is 0 Å². The van der Waals surface area contributed by atoms with Gasteiger partial charge in [0.1, 0.15) is 0 Å². The molecule has 23 heavy (non-hydrogen) atoms. The zero-order valence-electron chi connectivity index (χ0n) is 12.9. The summed E-state index contributed by atoms with van der Waals surface area (Å²) in [6, 6.07) is 8.84. The van der Waals surface area contributed by atoms with Gasteiger partial charge < -0.3 is 10.1 Å². The van der Waals surface area contributed by atoms with E-state index in [1.807, 2.05) is 19.2 Å². The van der Waals surface area contributed by atoms with E-state index in [0.29, 0.717) is 11.5 Å². The lowest BCUT2D eigenvalue weighted by Crippen LogP contribution is -2.37. The van der Waals surface area contributed by atoms with Crippen molar-refractivity contribution in [3.05, 3.63) is 48.3 Å². The van der Waals surface area contributed by atoms with E-state index in [2.05, 4.69) is 10.4 Å². The highest BCUT2D eigenvalue weighted by molar-refractivity contribution is 5.91. The van der Waals surface area contributed by atoms with E-state index in [9.17, 15) is 9.59 Å². The number of nitrogens with one attached hydrogen (secondary N) is 1. The van der Waals surface area contributed by atoms with Crippen molar-refractivity contribution in [2.75, 3.05) is 6.61 Å². The van der Waals surface area contributed by atoms with Crippen LogP contribution in [0.3, 0.4) is 0 Å². The van der Waals surface area contributed by atoms with Crippen molar-refractivity contribution in [3.63, 3.8) is 0 Å². The molecule has 1 aliphatic rings. The summed E-state index contributed by atoms with van der Waals surface area (Å²) in [4.78, 5) is 23.7. The molecule has 1 aromatic heterocycles. The van der Waals surface area contributed by atoms with Crippen molar-refractivity contribution in [2.45, 2.75) is 25.8 Å². The smallest absolute Gasteiger partial charge is 0.338 e. The number of esters is 1. The van der Waals surface area contributed by atoms with Crippen LogP contribution >= 0.6 is 0 Å². The van der Waals surface area contributed by atoms with Gasteiger partial charge in [-0.25, -0.2) is 9.48 Å². The summed E-state index contributed by atoms with van der Waals surface area (Å²) in [5, 5.41) is 6.96. The van der Waals surface area contributed by atoms with Gasteiger partial charge in [0.05, 0.1) is 11.3 Å². The summed E-state index contributed by atoms with van der Waals surface area (Å²) < 4.78 is 6.74. The van der Waals surface area contributed by atoms with Gasteiger partial charge in [-0.1, -0.05) is 0 Å². The number of hydrogen-bond acceptors (Lipinski definition) is 4. The van der Waals surface area contributed by atoms with E-state index in [1.165, 1.54) is 0 Å². The second-order valence-corrected chi connectivity index (χ2v) is 5.77. The maximum Gasteiger partial charge on any atom is 0.338 e. The SMILES string of the molecule is C[C@@H](NC(=O)COC(=O)c1ccc(-n2cccn2)cc1)C1CC1. The molecular formula is C17H19N3O3. The third-order valence-electron chi connectivity index (χ3n) is 3.92. The summed E-state index contributed by atoms with van der Waals surface area (Å²) in [5.74, 6) is -0.193. The Morgan fingerprint density at radius 2 is 2.09 bits per heavy atom. The average molecular weight is 313 g/mol. The zero-order chi connectivity index (χ0) is 16.2. The van der Waals surface area contributed by atoms with E-state index >= 15 is 0 Å². The molecule has 1 heterocycles. The monoisotopic (exact) mass is 313 g/mol. The first-order valence-electron chi connectivity index (χ1n) is 7.70. The average Bonchev–Trinajstić information content (AvgIpc) is 3.28. The topological polar surface area (TPSA) is 73.2 Å². The van der Waals surface area contributed by atoms with Crippen molar-refractivity contribution in [3.8, 4) is 5.69 Å². The first-order valence-corrected chi connectivity index (χ1v) is 7.70. The second-order valence-electron chi connectivity index (χ2n) is 5.77. The number of hydrogen-bond donors (Lipinski definition) is 1. The van der Waals surface area contributed by atoms with Crippen LogP contribution in [0.1, 0.15) is 30.1 Å². The minimum atomic E-state index is -0.508. The molecule has 3 rings (SSSR count). The van der Waals surface area contributed by atoms with Gasteiger partial charge in [0, 0.05) is 18.4 Å². The Morgan fingerprint density at radius 3 is 2.70 bits per heavy atom. The van der Waals surface area contributed by atoms with Gasteiger partial charge in [-0.2, -0.15) is 5.10 Å². The molecule has 1 fully saturated rings. The standard InChI is InChI=1S/C17H19N3O3/c1-12(13-3-4-13)19-16(21)11-23-17(22)14-5-7-15(8-6-14)20-10-2-9-18-20/h2,5-10,12-13H,3-4,11H2,1H3,(H,19,21)/t12-/m1/s1. The minimum Gasteiger partial charge on any atom is -0.452 e. The highest BCUT2D eigenvalue weighted by Gasteiger charge is 2.28. The molecule has 0 saturated heterocycles. The molecule has 0 spiro atoms. The van der Waals surface area contributed by atoms with Crippen LogP contribution in [-0.2, 0) is 9.53 Å². The Bertz CT molecular complexity index is 676. The fourth-order valence-electron chi connectivity index (χ4n) is 2.40. The fraction of sp³-hybridized carbons (Fsp3) is 0.353.